The number of phenolic OH excluding ortho intramolecular Hbond substituents is 2. The normalized spacial score (nSPS) is 14.6. The van der Waals surface area contributed by atoms with Crippen molar-refractivity contribution in [3.05, 3.63) is 107 Å². The van der Waals surface area contributed by atoms with Gasteiger partial charge in [0.2, 0.25) is 0 Å². The average Bonchev–Trinajstić information content (AvgIpc) is 3.09. The number of benzene rings is 4. The molecule has 0 saturated heterocycles. The van der Waals surface area contributed by atoms with Crippen molar-refractivity contribution >= 4 is 17.3 Å². The van der Waals surface area contributed by atoms with Gasteiger partial charge in [0.25, 0.3) is 0 Å². The van der Waals surface area contributed by atoms with Crippen molar-refractivity contribution in [1.82, 2.24) is 0 Å². The van der Waals surface area contributed by atoms with Gasteiger partial charge in [-0.1, -0.05) is 24.3 Å². The molecule has 33 heavy (non-hydrogen) atoms. The number of phenols is 2. The van der Waals surface area contributed by atoms with Crippen LogP contribution >= 0.6 is 0 Å². The van der Waals surface area contributed by atoms with E-state index in [1.54, 1.807) is 30.3 Å². The molecule has 0 fully saturated rings. The number of rotatable bonds is 2. The Kier molecular flexibility index (Phi) is 3.95. The van der Waals surface area contributed by atoms with Crippen LogP contribution < -0.4 is 10.1 Å². The zero-order chi connectivity index (χ0) is 22.7. The van der Waals surface area contributed by atoms with Crippen LogP contribution in [0.25, 0.3) is 0 Å². The molecule has 0 bridgehead atoms. The lowest BCUT2D eigenvalue weighted by Gasteiger charge is -2.37. The summed E-state index contributed by atoms with van der Waals surface area (Å²) >= 11 is 0. The van der Waals surface area contributed by atoms with Crippen LogP contribution in [0.1, 0.15) is 32.6 Å². The van der Waals surface area contributed by atoms with Crippen molar-refractivity contribution in [1.29, 1.82) is 0 Å². The number of esters is 1. The molecule has 0 saturated carbocycles. The Morgan fingerprint density at radius 3 is 2.09 bits per heavy atom. The van der Waals surface area contributed by atoms with Crippen LogP contribution in [-0.4, -0.2) is 16.2 Å². The molecule has 3 N–H and O–H groups in total. The summed E-state index contributed by atoms with van der Waals surface area (Å²) in [5.74, 6) is 0.274. The van der Waals surface area contributed by atoms with Gasteiger partial charge in [0, 0.05) is 34.5 Å². The van der Waals surface area contributed by atoms with Gasteiger partial charge in [-0.15, -0.1) is 0 Å². The first-order valence-corrected chi connectivity index (χ1v) is 10.5. The van der Waals surface area contributed by atoms with E-state index in [4.69, 9.17) is 9.47 Å². The number of hydrogen-bond donors (Lipinski definition) is 3. The summed E-state index contributed by atoms with van der Waals surface area (Å²) in [4.78, 5) is 13.2. The number of hydrogen-bond acceptors (Lipinski definition) is 6. The molecule has 0 aromatic heterocycles. The SMILES string of the molecule is Cc1ccc2c(c1Nc1ccccc1)C1(OC2=O)c2ccc(O)cc2Oc2cc(O)ccc21. The van der Waals surface area contributed by atoms with Crippen molar-refractivity contribution in [2.45, 2.75) is 12.5 Å². The summed E-state index contributed by atoms with van der Waals surface area (Å²) in [6.07, 6.45) is 0. The fraction of sp³-hybridized carbons (Fsp3) is 0.0741. The molecule has 0 radical (unpaired) electrons. The fourth-order valence-electron chi connectivity index (χ4n) is 4.73. The first kappa shape index (κ1) is 19.3. The Bertz CT molecular complexity index is 1390. The standard InChI is InChI=1S/C27H19NO5/c1-15-7-10-19-24(25(15)28-16-5-3-2-4-6-16)27(33-26(19)31)20-11-8-17(29)13-22(20)32-23-14-18(30)9-12-21(23)27/h2-14,28-30H,1H3. The molecule has 1 spiro atoms. The van der Waals surface area contributed by atoms with E-state index < -0.39 is 11.6 Å². The predicted molar refractivity (Wildman–Crippen MR) is 122 cm³/mol. The van der Waals surface area contributed by atoms with E-state index in [2.05, 4.69) is 5.32 Å². The highest BCUT2D eigenvalue weighted by molar-refractivity contribution is 6.00. The van der Waals surface area contributed by atoms with Gasteiger partial charge < -0.3 is 25.0 Å². The van der Waals surface area contributed by atoms with Crippen LogP contribution in [0.2, 0.25) is 0 Å². The van der Waals surface area contributed by atoms with Gasteiger partial charge in [-0.25, -0.2) is 4.79 Å². The van der Waals surface area contributed by atoms with Gasteiger partial charge in [-0.2, -0.15) is 0 Å². The predicted octanol–water partition coefficient (Wildman–Crippen LogP) is 5.72. The molecular weight excluding hydrogens is 418 g/mol. The number of carbonyl (C=O) groups is 1. The lowest BCUT2D eigenvalue weighted by atomic mass is 9.76. The topological polar surface area (TPSA) is 88.0 Å². The lowest BCUT2D eigenvalue weighted by molar-refractivity contribution is 0.0225. The van der Waals surface area contributed by atoms with Gasteiger partial charge in [0.1, 0.15) is 23.0 Å². The van der Waals surface area contributed by atoms with E-state index in [0.717, 1.165) is 16.9 Å². The van der Waals surface area contributed by atoms with Crippen LogP contribution in [0.5, 0.6) is 23.0 Å². The number of aryl methyl sites for hydroxylation is 1. The second-order valence-corrected chi connectivity index (χ2v) is 8.20. The van der Waals surface area contributed by atoms with E-state index >= 15 is 0 Å². The fourth-order valence-corrected chi connectivity index (χ4v) is 4.73. The van der Waals surface area contributed by atoms with Gasteiger partial charge >= 0.3 is 5.97 Å². The van der Waals surface area contributed by atoms with Crippen LogP contribution in [0.15, 0.2) is 78.9 Å². The second-order valence-electron chi connectivity index (χ2n) is 8.20. The number of ether oxygens (including phenoxy) is 2. The largest absolute Gasteiger partial charge is 0.508 e. The van der Waals surface area contributed by atoms with Crippen molar-refractivity contribution < 1.29 is 24.5 Å². The number of anilines is 2. The monoisotopic (exact) mass is 437 g/mol. The summed E-state index contributed by atoms with van der Waals surface area (Å²) in [7, 11) is 0. The van der Waals surface area contributed by atoms with E-state index in [1.807, 2.05) is 43.3 Å². The molecule has 0 atom stereocenters. The maximum atomic E-state index is 13.2. The average molecular weight is 437 g/mol. The molecule has 6 nitrogen and oxygen atoms in total. The molecule has 0 unspecified atom stereocenters. The number of nitrogens with one attached hydrogen (secondary N) is 1. The maximum absolute atomic E-state index is 13.2. The third kappa shape index (κ3) is 2.70. The Morgan fingerprint density at radius 2 is 1.45 bits per heavy atom. The number of para-hydroxylation sites is 1. The summed E-state index contributed by atoms with van der Waals surface area (Å²) < 4.78 is 12.2. The van der Waals surface area contributed by atoms with E-state index in [0.29, 0.717) is 33.8 Å². The van der Waals surface area contributed by atoms with Crippen molar-refractivity contribution in [2.24, 2.45) is 0 Å². The van der Waals surface area contributed by atoms with E-state index in [-0.39, 0.29) is 11.5 Å². The molecule has 0 aliphatic carbocycles. The van der Waals surface area contributed by atoms with Gasteiger partial charge in [-0.05, 0) is 55.0 Å². The maximum Gasteiger partial charge on any atom is 0.340 e. The van der Waals surface area contributed by atoms with Crippen LogP contribution in [0.3, 0.4) is 0 Å². The lowest BCUT2D eigenvalue weighted by Crippen LogP contribution is -2.33. The summed E-state index contributed by atoms with van der Waals surface area (Å²) in [5.41, 5.74) is 3.52. The number of carbonyl (C=O) groups excluding carboxylic acids is 1. The van der Waals surface area contributed by atoms with Crippen LogP contribution in [0.4, 0.5) is 11.4 Å². The van der Waals surface area contributed by atoms with Gasteiger partial charge in [0.05, 0.1) is 11.3 Å². The summed E-state index contributed by atoms with van der Waals surface area (Å²) in [5, 5.41) is 23.7. The molecule has 6 rings (SSSR count). The molecule has 162 valence electrons. The van der Waals surface area contributed by atoms with Crippen LogP contribution in [0, 0.1) is 6.92 Å². The van der Waals surface area contributed by atoms with Crippen LogP contribution in [-0.2, 0) is 10.3 Å². The second kappa shape index (κ2) is 6.77. The highest BCUT2D eigenvalue weighted by atomic mass is 16.6. The molecule has 2 aliphatic rings. The highest BCUT2D eigenvalue weighted by Gasteiger charge is 2.55. The number of aromatic hydroxyl groups is 2. The van der Waals surface area contributed by atoms with E-state index in [9.17, 15) is 15.0 Å². The Hall–Kier alpha value is -4.45. The summed E-state index contributed by atoms with van der Waals surface area (Å²) in [6.45, 7) is 1.97. The quantitative estimate of drug-likeness (QED) is 0.348. The Labute approximate surface area is 189 Å². The Balaban J connectivity index is 1.70. The zero-order valence-corrected chi connectivity index (χ0v) is 17.6. The van der Waals surface area contributed by atoms with Crippen molar-refractivity contribution in [3.63, 3.8) is 0 Å². The molecule has 4 aromatic carbocycles. The van der Waals surface area contributed by atoms with Crippen molar-refractivity contribution in [3.8, 4) is 23.0 Å². The molecule has 0 amide bonds. The molecule has 2 heterocycles. The van der Waals surface area contributed by atoms with E-state index in [1.165, 1.54) is 12.1 Å². The van der Waals surface area contributed by atoms with Gasteiger partial charge in [-0.3, -0.25) is 0 Å². The first-order chi connectivity index (χ1) is 16.0. The molecule has 4 aromatic rings. The smallest absolute Gasteiger partial charge is 0.340 e. The third-order valence-electron chi connectivity index (χ3n) is 6.18. The van der Waals surface area contributed by atoms with Gasteiger partial charge in [0.15, 0.2) is 5.60 Å². The minimum absolute atomic E-state index is 0.0175. The first-order valence-electron chi connectivity index (χ1n) is 10.5. The summed E-state index contributed by atoms with van der Waals surface area (Å²) in [6, 6.07) is 22.8. The molecule has 2 aliphatic heterocycles. The molecular formula is C27H19NO5. The Morgan fingerprint density at radius 1 is 0.818 bits per heavy atom. The highest BCUT2D eigenvalue weighted by Crippen LogP contribution is 2.59. The third-order valence-corrected chi connectivity index (χ3v) is 6.18. The number of fused-ring (bicyclic) bond motifs is 6. The molecule has 6 heteroatoms. The minimum atomic E-state index is -1.32. The minimum Gasteiger partial charge on any atom is -0.508 e. The zero-order valence-electron chi connectivity index (χ0n) is 17.6. The van der Waals surface area contributed by atoms with Crippen molar-refractivity contribution in [2.75, 3.05) is 5.32 Å².